The van der Waals surface area contributed by atoms with Gasteiger partial charge in [0.15, 0.2) is 42.4 Å². The van der Waals surface area contributed by atoms with Crippen LogP contribution in [0.4, 0.5) is 0 Å². The fourth-order valence-electron chi connectivity index (χ4n) is 4.40. The van der Waals surface area contributed by atoms with Crippen molar-refractivity contribution in [1.29, 1.82) is 0 Å². The van der Waals surface area contributed by atoms with Crippen molar-refractivity contribution in [3.8, 4) is 11.5 Å². The molecule has 1 aromatic heterocycles. The van der Waals surface area contributed by atoms with Gasteiger partial charge in [0, 0.05) is 32.4 Å². The van der Waals surface area contributed by atoms with Crippen molar-refractivity contribution in [1.82, 2.24) is 10.6 Å². The second-order valence-corrected chi connectivity index (χ2v) is 9.70. The van der Waals surface area contributed by atoms with Crippen LogP contribution in [0.2, 0.25) is 0 Å². The summed E-state index contributed by atoms with van der Waals surface area (Å²) in [6.45, 7) is 1.46. The summed E-state index contributed by atoms with van der Waals surface area (Å²) >= 11 is 0. The molecule has 0 bridgehead atoms. The second kappa shape index (κ2) is 15.0. The molecule has 0 aliphatic rings. The Hall–Kier alpha value is -4.71. The molecule has 43 heavy (non-hydrogen) atoms. The molecule has 4 rings (SSSR count). The number of aliphatic hydroxyl groups is 1. The number of carbonyl (C=O) groups excluding carboxylic acids is 2. The van der Waals surface area contributed by atoms with Gasteiger partial charge < -0.3 is 39.1 Å². The third-order valence-electron chi connectivity index (χ3n) is 6.63. The van der Waals surface area contributed by atoms with Crippen molar-refractivity contribution in [2.75, 3.05) is 27.8 Å². The fourth-order valence-corrected chi connectivity index (χ4v) is 4.40. The van der Waals surface area contributed by atoms with E-state index in [4.69, 9.17) is 23.4 Å². The van der Waals surface area contributed by atoms with Crippen LogP contribution in [0.1, 0.15) is 27.2 Å². The van der Waals surface area contributed by atoms with E-state index in [0.29, 0.717) is 0 Å². The van der Waals surface area contributed by atoms with Crippen LogP contribution in [0.25, 0.3) is 11.0 Å². The molecular weight excluding hydrogens is 556 g/mol. The van der Waals surface area contributed by atoms with Gasteiger partial charge in [-0.2, -0.15) is 0 Å². The minimum Gasteiger partial charge on any atom is -0.464 e. The van der Waals surface area contributed by atoms with Crippen LogP contribution in [0.3, 0.4) is 0 Å². The molecule has 0 spiro atoms. The predicted octanol–water partition coefficient (Wildman–Crippen LogP) is 3.09. The van der Waals surface area contributed by atoms with E-state index in [-0.39, 0.29) is 60.3 Å². The Bertz CT molecular complexity index is 1590. The molecule has 0 radical (unpaired) electrons. The van der Waals surface area contributed by atoms with Gasteiger partial charge in [0.05, 0.1) is 11.4 Å². The number of amides is 2. The highest BCUT2D eigenvalue weighted by molar-refractivity contribution is 5.96. The first-order chi connectivity index (χ1) is 20.8. The van der Waals surface area contributed by atoms with Crippen LogP contribution in [-0.2, 0) is 27.2 Å². The van der Waals surface area contributed by atoms with Crippen molar-refractivity contribution in [3.63, 3.8) is 0 Å². The Balaban J connectivity index is 1.63. The lowest BCUT2D eigenvalue weighted by molar-refractivity contribution is -0.130. The summed E-state index contributed by atoms with van der Waals surface area (Å²) in [5.41, 5.74) is 1.27. The van der Waals surface area contributed by atoms with Gasteiger partial charge in [0.2, 0.25) is 0 Å². The molecule has 226 valence electrons. The highest BCUT2D eigenvalue weighted by Gasteiger charge is 2.30. The Kier molecular flexibility index (Phi) is 10.9. The largest absolute Gasteiger partial charge is 0.464 e. The van der Waals surface area contributed by atoms with Crippen molar-refractivity contribution < 1.29 is 38.1 Å². The van der Waals surface area contributed by atoms with Gasteiger partial charge in [-0.3, -0.25) is 14.4 Å². The minimum absolute atomic E-state index is 0.0368. The van der Waals surface area contributed by atoms with E-state index in [1.54, 1.807) is 0 Å². The van der Waals surface area contributed by atoms with E-state index in [9.17, 15) is 19.5 Å². The van der Waals surface area contributed by atoms with Crippen LogP contribution in [0.5, 0.6) is 11.5 Å². The second-order valence-electron chi connectivity index (χ2n) is 9.70. The standard InChI is InChI=1S/C32H34N2O9/c1-20-28(35)23-15-26(41-18-39-2)27(42-19-40-3)16-25(23)43-30(20)32(38)34-24(14-21-10-6-4-7-11-21)29(36)31(37)33-17-22-12-8-5-9-13-22/h4-13,15-16,24,29,36H,14,17-19H2,1-3H3,(H,33,37)(H,34,38)/t24-,29+/m0/s1. The molecule has 2 atom stereocenters. The molecule has 0 aliphatic heterocycles. The summed E-state index contributed by atoms with van der Waals surface area (Å²) in [5, 5.41) is 16.6. The molecule has 11 nitrogen and oxygen atoms in total. The van der Waals surface area contributed by atoms with Crippen molar-refractivity contribution in [2.24, 2.45) is 0 Å². The summed E-state index contributed by atoms with van der Waals surface area (Å²) in [7, 11) is 2.90. The van der Waals surface area contributed by atoms with Crippen molar-refractivity contribution in [2.45, 2.75) is 32.0 Å². The van der Waals surface area contributed by atoms with Crippen molar-refractivity contribution >= 4 is 22.8 Å². The Morgan fingerprint density at radius 1 is 0.884 bits per heavy atom. The molecule has 2 amide bonds. The van der Waals surface area contributed by atoms with E-state index in [1.165, 1.54) is 33.3 Å². The number of benzene rings is 3. The van der Waals surface area contributed by atoms with E-state index < -0.39 is 29.4 Å². The zero-order valence-corrected chi connectivity index (χ0v) is 24.1. The van der Waals surface area contributed by atoms with Gasteiger partial charge in [-0.15, -0.1) is 0 Å². The lowest BCUT2D eigenvalue weighted by atomic mass is 10.00. The zero-order valence-electron chi connectivity index (χ0n) is 24.1. The lowest BCUT2D eigenvalue weighted by Crippen LogP contribution is -2.51. The van der Waals surface area contributed by atoms with Gasteiger partial charge in [-0.25, -0.2) is 0 Å². The third-order valence-corrected chi connectivity index (χ3v) is 6.63. The SMILES string of the molecule is COCOc1cc2oc(C(=O)N[C@@H](Cc3ccccc3)[C@@H](O)C(=O)NCc3ccccc3)c(C)c(=O)c2cc1OCOC. The monoisotopic (exact) mass is 590 g/mol. The summed E-state index contributed by atoms with van der Waals surface area (Å²) < 4.78 is 27.0. The molecule has 0 saturated carbocycles. The first kappa shape index (κ1) is 31.2. The van der Waals surface area contributed by atoms with Crippen LogP contribution in [-0.4, -0.2) is 56.9 Å². The molecule has 0 unspecified atom stereocenters. The molecule has 0 saturated heterocycles. The Morgan fingerprint density at radius 3 is 2.07 bits per heavy atom. The molecule has 4 aromatic rings. The highest BCUT2D eigenvalue weighted by Crippen LogP contribution is 2.32. The Labute approximate surface area is 248 Å². The molecule has 3 N–H and O–H groups in total. The average Bonchev–Trinajstić information content (AvgIpc) is 3.03. The first-order valence-electron chi connectivity index (χ1n) is 13.5. The van der Waals surface area contributed by atoms with Gasteiger partial charge in [-0.05, 0) is 30.5 Å². The summed E-state index contributed by atoms with van der Waals surface area (Å²) in [4.78, 5) is 39.9. The molecule has 0 fully saturated rings. The van der Waals surface area contributed by atoms with Gasteiger partial charge >= 0.3 is 0 Å². The van der Waals surface area contributed by atoms with Crippen LogP contribution in [0, 0.1) is 6.92 Å². The Morgan fingerprint density at radius 2 is 1.47 bits per heavy atom. The topological polar surface area (TPSA) is 146 Å². The average molecular weight is 591 g/mol. The number of aliphatic hydroxyl groups excluding tert-OH is 1. The summed E-state index contributed by atoms with van der Waals surface area (Å²) in [6.07, 6.45) is -1.46. The molecule has 0 aliphatic carbocycles. The maximum Gasteiger partial charge on any atom is 0.287 e. The van der Waals surface area contributed by atoms with Gasteiger partial charge in [0.1, 0.15) is 5.58 Å². The quantitative estimate of drug-likeness (QED) is 0.189. The fraction of sp³-hybridized carbons (Fsp3) is 0.281. The van der Waals surface area contributed by atoms with E-state index >= 15 is 0 Å². The number of hydrogen-bond acceptors (Lipinski definition) is 9. The maximum absolute atomic E-state index is 13.6. The zero-order chi connectivity index (χ0) is 30.8. The molecular formula is C32H34N2O9. The number of hydrogen-bond donors (Lipinski definition) is 3. The van der Waals surface area contributed by atoms with Crippen molar-refractivity contribution in [3.05, 3.63) is 105 Å². The molecule has 11 heteroatoms. The van der Waals surface area contributed by atoms with Crippen LogP contribution in [0.15, 0.2) is 82.0 Å². The smallest absolute Gasteiger partial charge is 0.287 e. The lowest BCUT2D eigenvalue weighted by Gasteiger charge is -2.24. The van der Waals surface area contributed by atoms with Gasteiger partial charge in [-0.1, -0.05) is 60.7 Å². The maximum atomic E-state index is 13.6. The minimum atomic E-state index is -1.60. The normalized spacial score (nSPS) is 12.4. The summed E-state index contributed by atoms with van der Waals surface area (Å²) in [5.74, 6) is -1.27. The molecule has 3 aromatic carbocycles. The number of carbonyl (C=O) groups is 2. The number of rotatable bonds is 14. The van der Waals surface area contributed by atoms with E-state index in [0.717, 1.165) is 11.1 Å². The first-order valence-corrected chi connectivity index (χ1v) is 13.5. The van der Waals surface area contributed by atoms with E-state index in [2.05, 4.69) is 10.6 Å². The predicted molar refractivity (Wildman–Crippen MR) is 158 cm³/mol. The van der Waals surface area contributed by atoms with Crippen LogP contribution >= 0.6 is 0 Å². The number of methoxy groups -OCH3 is 2. The number of nitrogens with one attached hydrogen (secondary N) is 2. The van der Waals surface area contributed by atoms with E-state index in [1.807, 2.05) is 60.7 Å². The highest BCUT2D eigenvalue weighted by atomic mass is 16.7. The number of fused-ring (bicyclic) bond motifs is 1. The van der Waals surface area contributed by atoms with Crippen LogP contribution < -0.4 is 25.5 Å². The summed E-state index contributed by atoms with van der Waals surface area (Å²) in [6, 6.07) is 20.2. The van der Waals surface area contributed by atoms with Gasteiger partial charge in [0.25, 0.3) is 11.8 Å². The third kappa shape index (κ3) is 7.98. The molecule has 1 heterocycles. The number of ether oxygens (including phenoxy) is 4.